The van der Waals surface area contributed by atoms with Crippen LogP contribution in [-0.4, -0.2) is 32.2 Å². The second kappa shape index (κ2) is 10.7. The molecule has 0 saturated heterocycles. The Hall–Kier alpha value is -2.50. The van der Waals surface area contributed by atoms with Crippen LogP contribution < -0.4 is 15.1 Å². The van der Waals surface area contributed by atoms with E-state index in [0.29, 0.717) is 12.2 Å². The molecule has 166 valence electrons. The van der Waals surface area contributed by atoms with E-state index in [0.717, 1.165) is 67.6 Å². The number of hydrogen-bond acceptors (Lipinski definition) is 5. The van der Waals surface area contributed by atoms with Crippen LogP contribution in [0, 0.1) is 0 Å². The minimum absolute atomic E-state index is 0. The highest BCUT2D eigenvalue weighted by Gasteiger charge is 2.18. The Labute approximate surface area is 189 Å². The lowest BCUT2D eigenvalue weighted by molar-refractivity contribution is 0.258. The second-order valence-corrected chi connectivity index (χ2v) is 8.00. The zero-order chi connectivity index (χ0) is 20.9. The van der Waals surface area contributed by atoms with Crippen molar-refractivity contribution in [3.8, 4) is 11.5 Å². The van der Waals surface area contributed by atoms with Gasteiger partial charge in [0.1, 0.15) is 17.1 Å². The van der Waals surface area contributed by atoms with Gasteiger partial charge in [0.25, 0.3) is 0 Å². The molecule has 1 aromatic heterocycles. The first kappa shape index (κ1) is 23.2. The lowest BCUT2D eigenvalue weighted by Gasteiger charge is -2.18. The van der Waals surface area contributed by atoms with Crippen molar-refractivity contribution in [3.05, 3.63) is 69.6 Å². The Balaban J connectivity index is 0.00000272. The highest BCUT2D eigenvalue weighted by molar-refractivity contribution is 5.85. The Kier molecular flexibility index (Phi) is 7.99. The molecule has 0 atom stereocenters. The topological polar surface area (TPSA) is 51.9 Å². The summed E-state index contributed by atoms with van der Waals surface area (Å²) in [6.45, 7) is 2.40. The van der Waals surface area contributed by atoms with Crippen LogP contribution in [0.25, 0.3) is 11.0 Å². The van der Waals surface area contributed by atoms with Crippen molar-refractivity contribution in [3.63, 3.8) is 0 Å². The van der Waals surface area contributed by atoms with E-state index in [-0.39, 0.29) is 18.0 Å². The smallest absolute Gasteiger partial charge is 0.339 e. The van der Waals surface area contributed by atoms with Gasteiger partial charge >= 0.3 is 5.63 Å². The molecule has 0 fully saturated rings. The monoisotopic (exact) mass is 443 g/mol. The first-order valence-electron chi connectivity index (χ1n) is 10.7. The lowest BCUT2D eigenvalue weighted by Crippen LogP contribution is -2.20. The Morgan fingerprint density at radius 1 is 1.03 bits per heavy atom. The summed E-state index contributed by atoms with van der Waals surface area (Å²) < 4.78 is 16.8. The van der Waals surface area contributed by atoms with Crippen molar-refractivity contribution in [1.29, 1.82) is 0 Å². The number of rotatable bonds is 8. The Morgan fingerprint density at radius 2 is 1.84 bits per heavy atom. The van der Waals surface area contributed by atoms with E-state index in [4.69, 9.17) is 13.9 Å². The quantitative estimate of drug-likeness (QED) is 0.362. The number of hydrogen-bond donors (Lipinski definition) is 0. The summed E-state index contributed by atoms with van der Waals surface area (Å²) in [7, 11) is 3.79. The minimum Gasteiger partial charge on any atom is -0.497 e. The van der Waals surface area contributed by atoms with Gasteiger partial charge in [0, 0.05) is 30.1 Å². The first-order chi connectivity index (χ1) is 14.6. The summed E-state index contributed by atoms with van der Waals surface area (Å²) >= 11 is 0. The van der Waals surface area contributed by atoms with Gasteiger partial charge in [0.05, 0.1) is 13.7 Å². The molecule has 6 heteroatoms. The number of methoxy groups -OCH3 is 1. The lowest BCUT2D eigenvalue weighted by atomic mass is 9.91. The molecule has 0 unspecified atom stereocenters. The van der Waals surface area contributed by atoms with Gasteiger partial charge < -0.3 is 18.8 Å². The van der Waals surface area contributed by atoms with Crippen LogP contribution in [-0.2, 0) is 19.4 Å². The molecule has 4 rings (SSSR count). The van der Waals surface area contributed by atoms with Crippen LogP contribution in [0.4, 0.5) is 0 Å². The zero-order valence-corrected chi connectivity index (χ0v) is 19.0. The highest BCUT2D eigenvalue weighted by Crippen LogP contribution is 2.29. The van der Waals surface area contributed by atoms with Crippen LogP contribution >= 0.6 is 12.4 Å². The Morgan fingerprint density at radius 3 is 2.65 bits per heavy atom. The molecule has 1 aliphatic carbocycles. The van der Waals surface area contributed by atoms with Gasteiger partial charge in [-0.15, -0.1) is 12.4 Å². The maximum absolute atomic E-state index is 12.3. The van der Waals surface area contributed by atoms with Gasteiger partial charge in [0.2, 0.25) is 0 Å². The van der Waals surface area contributed by atoms with Crippen molar-refractivity contribution >= 4 is 23.4 Å². The van der Waals surface area contributed by atoms with E-state index in [9.17, 15) is 4.79 Å². The molecule has 0 N–H and O–H groups in total. The molecule has 0 radical (unpaired) electrons. The molecule has 3 aromatic rings. The average molecular weight is 444 g/mol. The van der Waals surface area contributed by atoms with Crippen molar-refractivity contribution in [2.45, 2.75) is 38.6 Å². The van der Waals surface area contributed by atoms with Crippen molar-refractivity contribution in [2.24, 2.45) is 0 Å². The molecule has 5 nitrogen and oxygen atoms in total. The maximum atomic E-state index is 12.3. The third-order valence-corrected chi connectivity index (χ3v) is 5.73. The molecule has 1 heterocycles. The van der Waals surface area contributed by atoms with E-state index < -0.39 is 0 Å². The van der Waals surface area contributed by atoms with Crippen molar-refractivity contribution in [1.82, 2.24) is 4.90 Å². The summed E-state index contributed by atoms with van der Waals surface area (Å²) in [5.41, 5.74) is 3.70. The fraction of sp³-hybridized carbons (Fsp3) is 0.400. The van der Waals surface area contributed by atoms with Crippen LogP contribution in [0.5, 0.6) is 11.5 Å². The zero-order valence-electron chi connectivity index (χ0n) is 18.2. The summed E-state index contributed by atoms with van der Waals surface area (Å²) in [6.07, 6.45) is 4.89. The molecular weight excluding hydrogens is 414 g/mol. The molecule has 0 spiro atoms. The minimum atomic E-state index is -0.187. The average Bonchev–Trinajstić information content (AvgIpc) is 2.77. The molecule has 31 heavy (non-hydrogen) atoms. The van der Waals surface area contributed by atoms with Gasteiger partial charge in [-0.3, -0.25) is 0 Å². The van der Waals surface area contributed by atoms with Gasteiger partial charge in [-0.1, -0.05) is 12.1 Å². The van der Waals surface area contributed by atoms with Gasteiger partial charge in [-0.05, 0) is 74.5 Å². The van der Waals surface area contributed by atoms with E-state index >= 15 is 0 Å². The summed E-state index contributed by atoms with van der Waals surface area (Å²) in [6, 6.07) is 14.0. The van der Waals surface area contributed by atoms with Gasteiger partial charge in [0.15, 0.2) is 0 Å². The normalized spacial score (nSPS) is 13.0. The molecule has 0 saturated carbocycles. The van der Waals surface area contributed by atoms with E-state index in [1.54, 1.807) is 7.11 Å². The van der Waals surface area contributed by atoms with Gasteiger partial charge in [-0.2, -0.15) is 0 Å². The first-order valence-corrected chi connectivity index (χ1v) is 10.7. The molecule has 0 amide bonds. The highest BCUT2D eigenvalue weighted by atomic mass is 35.5. The third-order valence-electron chi connectivity index (χ3n) is 5.73. The molecule has 1 aliphatic rings. The van der Waals surface area contributed by atoms with Crippen molar-refractivity contribution in [2.75, 3.05) is 27.3 Å². The van der Waals surface area contributed by atoms with Crippen LogP contribution in [0.3, 0.4) is 0 Å². The van der Waals surface area contributed by atoms with Crippen LogP contribution in [0.15, 0.2) is 51.7 Å². The van der Waals surface area contributed by atoms with Crippen molar-refractivity contribution < 1.29 is 13.9 Å². The predicted octanol–water partition coefficient (Wildman–Crippen LogP) is 5.00. The van der Waals surface area contributed by atoms with Crippen LogP contribution in [0.1, 0.15) is 36.0 Å². The van der Waals surface area contributed by atoms with E-state index in [2.05, 4.69) is 24.1 Å². The number of ether oxygens (including phenoxy) is 2. The summed E-state index contributed by atoms with van der Waals surface area (Å²) in [5.74, 6) is 1.63. The fourth-order valence-electron chi connectivity index (χ4n) is 4.20. The Bertz CT molecular complexity index is 1080. The number of aryl methyl sites for hydroxylation is 1. The standard InChI is InChI=1S/C25H29NO4.ClH/c1-26(17-18-7-5-8-19(15-18)28-2)13-6-14-29-20-11-12-22-21-9-3-4-10-23(21)25(27)30-24(22)16-20;/h5,7-8,11-12,15-16H,3-4,6,9-10,13-14,17H2,1-2H3;1H. The summed E-state index contributed by atoms with van der Waals surface area (Å²) in [4.78, 5) is 14.6. The largest absolute Gasteiger partial charge is 0.497 e. The number of halogens is 1. The van der Waals surface area contributed by atoms with Crippen LogP contribution in [0.2, 0.25) is 0 Å². The van der Waals surface area contributed by atoms with E-state index in [1.165, 1.54) is 11.1 Å². The van der Waals surface area contributed by atoms with Gasteiger partial charge in [-0.25, -0.2) is 4.79 Å². The SMILES string of the molecule is COc1cccc(CN(C)CCCOc2ccc3c4c(c(=O)oc3c2)CCCC4)c1.Cl. The molecule has 0 bridgehead atoms. The molecule has 0 aliphatic heterocycles. The molecule has 2 aromatic carbocycles. The third kappa shape index (κ3) is 5.60. The number of nitrogens with zero attached hydrogens (tertiary/aromatic N) is 1. The number of fused-ring (bicyclic) bond motifs is 3. The fourth-order valence-corrected chi connectivity index (χ4v) is 4.20. The number of benzene rings is 2. The van der Waals surface area contributed by atoms with E-state index in [1.807, 2.05) is 30.3 Å². The molecular formula is C25H30ClNO4. The predicted molar refractivity (Wildman–Crippen MR) is 126 cm³/mol. The second-order valence-electron chi connectivity index (χ2n) is 8.00. The summed E-state index contributed by atoms with van der Waals surface area (Å²) in [5, 5.41) is 1.05. The maximum Gasteiger partial charge on any atom is 0.339 e.